The Morgan fingerprint density at radius 2 is 1.67 bits per heavy atom. The van der Waals surface area contributed by atoms with Gasteiger partial charge < -0.3 is 19.5 Å². The molecule has 0 bridgehead atoms. The fraction of sp³-hybridized carbons (Fsp3) is 0.154. The van der Waals surface area contributed by atoms with Gasteiger partial charge in [0.1, 0.15) is 21.9 Å². The Hall–Kier alpha value is -4.31. The van der Waals surface area contributed by atoms with Crippen molar-refractivity contribution in [3.63, 3.8) is 0 Å². The van der Waals surface area contributed by atoms with Crippen molar-refractivity contribution in [2.24, 2.45) is 0 Å². The number of nitrogens with one attached hydrogen (secondary N) is 2. The first-order valence-electron chi connectivity index (χ1n) is 10.9. The van der Waals surface area contributed by atoms with Crippen molar-refractivity contribution in [2.45, 2.75) is 18.7 Å². The number of carbonyl (C=O) groups excluding carboxylic acids is 1. The number of anilines is 2. The molecule has 1 heterocycles. The maximum absolute atomic E-state index is 13.1. The van der Waals surface area contributed by atoms with E-state index in [9.17, 15) is 13.2 Å². The van der Waals surface area contributed by atoms with E-state index in [0.717, 1.165) is 10.9 Å². The number of sulfonamides is 1. The maximum atomic E-state index is 13.1. The van der Waals surface area contributed by atoms with E-state index in [-0.39, 0.29) is 16.5 Å². The van der Waals surface area contributed by atoms with E-state index in [1.165, 1.54) is 13.0 Å². The number of hydrogen-bond acceptors (Lipinski definition) is 7. The van der Waals surface area contributed by atoms with E-state index in [2.05, 4.69) is 15.0 Å². The highest BCUT2D eigenvalue weighted by molar-refractivity contribution is 7.92. The minimum atomic E-state index is -3.97. The van der Waals surface area contributed by atoms with Gasteiger partial charge in [0.15, 0.2) is 11.5 Å². The molecule has 3 aromatic carbocycles. The van der Waals surface area contributed by atoms with Crippen molar-refractivity contribution in [1.29, 1.82) is 0 Å². The van der Waals surface area contributed by atoms with Gasteiger partial charge in [-0.2, -0.15) is 0 Å². The monoisotopic (exact) mass is 507 g/mol. The first kappa shape index (κ1) is 24.8. The summed E-state index contributed by atoms with van der Waals surface area (Å²) in [5.41, 5.74) is 1.87. The number of methoxy groups -OCH3 is 2. The minimum absolute atomic E-state index is 0.0225. The normalized spacial score (nSPS) is 11.1. The second-order valence-electron chi connectivity index (χ2n) is 7.92. The number of benzene rings is 3. The van der Waals surface area contributed by atoms with Gasteiger partial charge in [0.05, 0.1) is 19.9 Å². The van der Waals surface area contributed by atoms with E-state index in [1.807, 2.05) is 6.07 Å². The van der Waals surface area contributed by atoms with Crippen molar-refractivity contribution in [3.05, 3.63) is 72.4 Å². The number of pyridine rings is 1. The molecule has 1 amide bonds. The van der Waals surface area contributed by atoms with Gasteiger partial charge in [0.25, 0.3) is 10.0 Å². The Labute approximate surface area is 209 Å². The van der Waals surface area contributed by atoms with Crippen LogP contribution in [0.15, 0.2) is 71.8 Å². The molecule has 4 rings (SSSR count). The molecule has 10 heteroatoms. The number of ether oxygens (including phenoxy) is 3. The molecule has 0 atom stereocenters. The molecule has 0 aliphatic carbocycles. The second-order valence-corrected chi connectivity index (χ2v) is 9.57. The summed E-state index contributed by atoms with van der Waals surface area (Å²) in [6.45, 7) is 3.10. The Bertz CT molecular complexity index is 1540. The molecule has 0 saturated heterocycles. The number of amides is 1. The van der Waals surface area contributed by atoms with Gasteiger partial charge in [0, 0.05) is 24.2 Å². The van der Waals surface area contributed by atoms with Gasteiger partial charge >= 0.3 is 0 Å². The number of fused-ring (bicyclic) bond motifs is 1. The molecule has 0 saturated carbocycles. The van der Waals surface area contributed by atoms with E-state index >= 15 is 0 Å². The molecule has 0 fully saturated rings. The van der Waals surface area contributed by atoms with Gasteiger partial charge in [-0.3, -0.25) is 14.5 Å². The molecular weight excluding hydrogens is 482 g/mol. The third-order valence-corrected chi connectivity index (χ3v) is 6.71. The van der Waals surface area contributed by atoms with E-state index in [1.54, 1.807) is 75.9 Å². The van der Waals surface area contributed by atoms with Crippen LogP contribution in [0.4, 0.5) is 11.4 Å². The lowest BCUT2D eigenvalue weighted by molar-refractivity contribution is -0.114. The van der Waals surface area contributed by atoms with Crippen LogP contribution < -0.4 is 24.2 Å². The highest BCUT2D eigenvalue weighted by Gasteiger charge is 2.20. The average molecular weight is 508 g/mol. The molecule has 4 aromatic rings. The molecule has 1 aromatic heterocycles. The van der Waals surface area contributed by atoms with E-state index in [0.29, 0.717) is 34.2 Å². The van der Waals surface area contributed by atoms with Crippen molar-refractivity contribution >= 4 is 38.2 Å². The molecule has 2 N–H and O–H groups in total. The van der Waals surface area contributed by atoms with E-state index < -0.39 is 10.0 Å². The van der Waals surface area contributed by atoms with Crippen molar-refractivity contribution in [2.75, 3.05) is 24.3 Å². The largest absolute Gasteiger partial charge is 0.493 e. The lowest BCUT2D eigenvalue weighted by Crippen LogP contribution is -2.17. The van der Waals surface area contributed by atoms with Gasteiger partial charge in [-0.05, 0) is 67.1 Å². The smallest absolute Gasteiger partial charge is 0.263 e. The van der Waals surface area contributed by atoms with Gasteiger partial charge in [-0.25, -0.2) is 8.42 Å². The van der Waals surface area contributed by atoms with Crippen LogP contribution in [0.25, 0.3) is 10.9 Å². The van der Waals surface area contributed by atoms with Crippen LogP contribution in [0.3, 0.4) is 0 Å². The van der Waals surface area contributed by atoms with Crippen LogP contribution in [0.1, 0.15) is 12.5 Å². The number of rotatable bonds is 8. The average Bonchev–Trinajstić information content (AvgIpc) is 2.85. The van der Waals surface area contributed by atoms with Crippen LogP contribution in [0.2, 0.25) is 0 Å². The predicted octanol–water partition coefficient (Wildman–Crippen LogP) is 5.11. The molecular formula is C26H25N3O6S. The Morgan fingerprint density at radius 3 is 2.33 bits per heavy atom. The molecule has 0 aliphatic heterocycles. The zero-order valence-corrected chi connectivity index (χ0v) is 21.0. The van der Waals surface area contributed by atoms with Crippen LogP contribution in [0.5, 0.6) is 23.0 Å². The van der Waals surface area contributed by atoms with Crippen LogP contribution in [-0.2, 0) is 14.8 Å². The van der Waals surface area contributed by atoms with Crippen LogP contribution in [-0.4, -0.2) is 33.5 Å². The van der Waals surface area contributed by atoms with Crippen molar-refractivity contribution in [1.82, 2.24) is 4.98 Å². The maximum Gasteiger partial charge on any atom is 0.263 e. The number of hydrogen-bond donors (Lipinski definition) is 2. The summed E-state index contributed by atoms with van der Waals surface area (Å²) in [4.78, 5) is 15.9. The summed E-state index contributed by atoms with van der Waals surface area (Å²) in [7, 11) is -0.868. The zero-order valence-electron chi connectivity index (χ0n) is 20.2. The fourth-order valence-corrected chi connectivity index (χ4v) is 4.97. The topological polar surface area (TPSA) is 116 Å². The Balaban J connectivity index is 1.58. The lowest BCUT2D eigenvalue weighted by Gasteiger charge is -2.14. The second kappa shape index (κ2) is 10.1. The van der Waals surface area contributed by atoms with Crippen molar-refractivity contribution < 1.29 is 27.4 Å². The van der Waals surface area contributed by atoms with Gasteiger partial charge in [-0.15, -0.1) is 0 Å². The third kappa shape index (κ3) is 5.18. The van der Waals surface area contributed by atoms with Gasteiger partial charge in [-0.1, -0.05) is 6.07 Å². The standard InChI is InChI=1S/C26H25N3O6S/c1-16-5-11-21(28-17(2)30)24(15-16)36(31,32)29-18-6-8-19(9-7-18)35-22-13-14-27-25-20(22)10-12-23(33-3)26(25)34-4/h5-15,29H,1-4H3,(H,28,30). The zero-order chi connectivity index (χ0) is 25.9. The molecule has 0 aliphatic rings. The first-order valence-corrected chi connectivity index (χ1v) is 12.4. The highest BCUT2D eigenvalue weighted by atomic mass is 32.2. The number of aromatic nitrogens is 1. The summed E-state index contributed by atoms with van der Waals surface area (Å²) in [6.07, 6.45) is 1.61. The summed E-state index contributed by atoms with van der Waals surface area (Å²) in [5.74, 6) is 1.74. The molecule has 36 heavy (non-hydrogen) atoms. The third-order valence-electron chi connectivity index (χ3n) is 5.29. The number of nitrogens with zero attached hydrogens (tertiary/aromatic N) is 1. The Kier molecular flexibility index (Phi) is 6.98. The SMILES string of the molecule is COc1ccc2c(Oc3ccc(NS(=O)(=O)c4cc(C)ccc4NC(C)=O)cc3)ccnc2c1OC. The fourth-order valence-electron chi connectivity index (χ4n) is 3.67. The number of carbonyl (C=O) groups is 1. The quantitative estimate of drug-likeness (QED) is 0.340. The van der Waals surface area contributed by atoms with Crippen LogP contribution in [0, 0.1) is 6.92 Å². The first-order chi connectivity index (χ1) is 17.2. The summed E-state index contributed by atoms with van der Waals surface area (Å²) in [5, 5.41) is 3.29. The van der Waals surface area contributed by atoms with E-state index in [4.69, 9.17) is 14.2 Å². The predicted molar refractivity (Wildman–Crippen MR) is 138 cm³/mol. The summed E-state index contributed by atoms with van der Waals surface area (Å²) < 4.78 is 45.5. The van der Waals surface area contributed by atoms with Crippen LogP contribution >= 0.6 is 0 Å². The van der Waals surface area contributed by atoms with Gasteiger partial charge in [0.2, 0.25) is 5.91 Å². The summed E-state index contributed by atoms with van der Waals surface area (Å²) in [6, 6.07) is 16.6. The molecule has 0 unspecified atom stereocenters. The lowest BCUT2D eigenvalue weighted by atomic mass is 10.1. The molecule has 0 radical (unpaired) electrons. The Morgan fingerprint density at radius 1 is 0.917 bits per heavy atom. The molecule has 186 valence electrons. The molecule has 0 spiro atoms. The minimum Gasteiger partial charge on any atom is -0.493 e. The van der Waals surface area contributed by atoms with Crippen molar-refractivity contribution in [3.8, 4) is 23.0 Å². The number of aryl methyl sites for hydroxylation is 1. The molecule has 9 nitrogen and oxygen atoms in total. The summed E-state index contributed by atoms with van der Waals surface area (Å²) >= 11 is 0. The highest BCUT2D eigenvalue weighted by Crippen LogP contribution is 2.39.